The van der Waals surface area contributed by atoms with E-state index in [0.29, 0.717) is 17.8 Å². The Morgan fingerprint density at radius 2 is 1.48 bits per heavy atom. The van der Waals surface area contributed by atoms with Crippen molar-refractivity contribution in [3.8, 4) is 0 Å². The molecule has 1 aromatic heterocycles. The van der Waals surface area contributed by atoms with Gasteiger partial charge >= 0.3 is 0 Å². The van der Waals surface area contributed by atoms with Gasteiger partial charge in [-0.3, -0.25) is 0 Å². The van der Waals surface area contributed by atoms with Crippen LogP contribution in [0.1, 0.15) is 26.2 Å². The second kappa shape index (κ2) is 9.33. The molecule has 7 heteroatoms. The smallest absolute Gasteiger partial charge is 0.231 e. The number of aromatic nitrogens is 3. The molecule has 0 saturated heterocycles. The molecular formula is C14H29N7. The summed E-state index contributed by atoms with van der Waals surface area (Å²) in [5.41, 5.74) is 0. The highest BCUT2D eigenvalue weighted by molar-refractivity contribution is 5.42. The maximum atomic E-state index is 4.42. The fraction of sp³-hybridized carbons (Fsp3) is 0.786. The third-order valence-electron chi connectivity index (χ3n) is 2.87. The molecular weight excluding hydrogens is 266 g/mol. The second-order valence-electron chi connectivity index (χ2n) is 5.54. The van der Waals surface area contributed by atoms with Crippen molar-refractivity contribution in [3.63, 3.8) is 0 Å². The van der Waals surface area contributed by atoms with Crippen molar-refractivity contribution < 1.29 is 0 Å². The summed E-state index contributed by atoms with van der Waals surface area (Å²) in [6.45, 7) is 4.95. The first-order valence-corrected chi connectivity index (χ1v) is 7.58. The molecule has 0 amide bonds. The topological polar surface area (TPSA) is 69.2 Å². The summed E-state index contributed by atoms with van der Waals surface area (Å²) < 4.78 is 0. The van der Waals surface area contributed by atoms with Crippen LogP contribution in [-0.4, -0.2) is 67.7 Å². The Morgan fingerprint density at radius 3 is 2.00 bits per heavy atom. The minimum Gasteiger partial charge on any atom is -0.354 e. The maximum Gasteiger partial charge on any atom is 0.231 e. The van der Waals surface area contributed by atoms with Crippen molar-refractivity contribution in [2.75, 3.05) is 63.4 Å². The lowest BCUT2D eigenvalue weighted by Crippen LogP contribution is -2.18. The van der Waals surface area contributed by atoms with Crippen molar-refractivity contribution in [2.45, 2.75) is 26.2 Å². The van der Waals surface area contributed by atoms with Crippen molar-refractivity contribution in [1.29, 1.82) is 0 Å². The van der Waals surface area contributed by atoms with Crippen LogP contribution in [0.3, 0.4) is 0 Å². The number of anilines is 3. The van der Waals surface area contributed by atoms with Crippen LogP contribution >= 0.6 is 0 Å². The predicted octanol–water partition coefficient (Wildman–Crippen LogP) is 1.51. The van der Waals surface area contributed by atoms with Crippen LogP contribution in [-0.2, 0) is 0 Å². The highest BCUT2D eigenvalue weighted by Gasteiger charge is 2.07. The molecule has 7 nitrogen and oxygen atoms in total. The zero-order valence-electron chi connectivity index (χ0n) is 14.0. The quantitative estimate of drug-likeness (QED) is 0.634. The number of nitrogens with one attached hydrogen (secondary N) is 2. The van der Waals surface area contributed by atoms with Crippen LogP contribution in [0.25, 0.3) is 0 Å². The Kier molecular flexibility index (Phi) is 7.74. The van der Waals surface area contributed by atoms with Crippen molar-refractivity contribution >= 4 is 17.8 Å². The summed E-state index contributed by atoms with van der Waals surface area (Å²) in [4.78, 5) is 17.3. The molecule has 0 aliphatic carbocycles. The maximum absolute atomic E-state index is 4.42. The lowest BCUT2D eigenvalue weighted by molar-refractivity contribution is 0.396. The van der Waals surface area contributed by atoms with E-state index < -0.39 is 0 Å². The Bertz CT molecular complexity index is 406. The van der Waals surface area contributed by atoms with E-state index in [-0.39, 0.29) is 0 Å². The van der Waals surface area contributed by atoms with Crippen LogP contribution in [0, 0.1) is 0 Å². The van der Waals surface area contributed by atoms with Gasteiger partial charge in [0, 0.05) is 27.2 Å². The van der Waals surface area contributed by atoms with Crippen LogP contribution < -0.4 is 15.5 Å². The van der Waals surface area contributed by atoms with Gasteiger partial charge in [-0.25, -0.2) is 0 Å². The van der Waals surface area contributed by atoms with Gasteiger partial charge < -0.3 is 20.4 Å². The first kappa shape index (κ1) is 17.4. The van der Waals surface area contributed by atoms with Gasteiger partial charge in [0.1, 0.15) is 0 Å². The highest BCUT2D eigenvalue weighted by Crippen LogP contribution is 2.11. The fourth-order valence-electron chi connectivity index (χ4n) is 1.71. The SMILES string of the molecule is CCCNc1nc(NCCCCN(C)C)nc(N(C)C)n1. The first-order valence-electron chi connectivity index (χ1n) is 7.58. The Morgan fingerprint density at radius 1 is 0.857 bits per heavy atom. The average Bonchev–Trinajstić information content (AvgIpc) is 2.44. The van der Waals surface area contributed by atoms with Gasteiger partial charge in [0.25, 0.3) is 0 Å². The summed E-state index contributed by atoms with van der Waals surface area (Å²) in [5, 5.41) is 6.49. The first-order chi connectivity index (χ1) is 10.0. The molecule has 1 rings (SSSR count). The Balaban J connectivity index is 2.56. The second-order valence-corrected chi connectivity index (χ2v) is 5.54. The number of unbranched alkanes of at least 4 members (excludes halogenated alkanes) is 1. The zero-order valence-corrected chi connectivity index (χ0v) is 14.0. The van der Waals surface area contributed by atoms with E-state index in [4.69, 9.17) is 0 Å². The van der Waals surface area contributed by atoms with Crippen LogP contribution in [0.5, 0.6) is 0 Å². The molecule has 0 aliphatic heterocycles. The van der Waals surface area contributed by atoms with Gasteiger partial charge in [-0.15, -0.1) is 0 Å². The average molecular weight is 295 g/mol. The van der Waals surface area contributed by atoms with Crippen LogP contribution in [0.15, 0.2) is 0 Å². The molecule has 120 valence electrons. The van der Waals surface area contributed by atoms with E-state index in [9.17, 15) is 0 Å². The molecule has 0 unspecified atom stereocenters. The molecule has 0 radical (unpaired) electrons. The van der Waals surface area contributed by atoms with E-state index in [1.54, 1.807) is 0 Å². The van der Waals surface area contributed by atoms with E-state index >= 15 is 0 Å². The zero-order chi connectivity index (χ0) is 15.7. The third kappa shape index (κ3) is 7.08. The summed E-state index contributed by atoms with van der Waals surface area (Å²) in [5.74, 6) is 1.93. The van der Waals surface area contributed by atoms with E-state index in [0.717, 1.165) is 38.9 Å². The van der Waals surface area contributed by atoms with Gasteiger partial charge in [-0.1, -0.05) is 6.92 Å². The summed E-state index contributed by atoms with van der Waals surface area (Å²) >= 11 is 0. The van der Waals surface area contributed by atoms with Gasteiger partial charge in [-0.05, 0) is 39.9 Å². The molecule has 2 N–H and O–H groups in total. The van der Waals surface area contributed by atoms with Gasteiger partial charge in [0.05, 0.1) is 0 Å². The van der Waals surface area contributed by atoms with Crippen LogP contribution in [0.2, 0.25) is 0 Å². The van der Waals surface area contributed by atoms with E-state index in [2.05, 4.69) is 51.5 Å². The Hall–Kier alpha value is -1.63. The van der Waals surface area contributed by atoms with Crippen LogP contribution in [0.4, 0.5) is 17.8 Å². The molecule has 0 aromatic carbocycles. The molecule has 0 aliphatic rings. The highest BCUT2D eigenvalue weighted by atomic mass is 15.3. The van der Waals surface area contributed by atoms with Gasteiger partial charge in [0.2, 0.25) is 17.8 Å². The fourth-order valence-corrected chi connectivity index (χ4v) is 1.71. The van der Waals surface area contributed by atoms with Gasteiger partial charge in [0.15, 0.2) is 0 Å². The predicted molar refractivity (Wildman–Crippen MR) is 89.2 cm³/mol. The van der Waals surface area contributed by atoms with E-state index in [1.165, 1.54) is 0 Å². The third-order valence-corrected chi connectivity index (χ3v) is 2.87. The minimum absolute atomic E-state index is 0.631. The Labute approximate surface area is 128 Å². The lowest BCUT2D eigenvalue weighted by Gasteiger charge is -2.14. The summed E-state index contributed by atoms with van der Waals surface area (Å²) in [7, 11) is 8.04. The molecule has 0 atom stereocenters. The molecule has 0 bridgehead atoms. The number of rotatable bonds is 10. The van der Waals surface area contributed by atoms with Crippen molar-refractivity contribution in [2.24, 2.45) is 0 Å². The lowest BCUT2D eigenvalue weighted by atomic mass is 10.3. The number of hydrogen-bond acceptors (Lipinski definition) is 7. The number of nitrogens with zero attached hydrogens (tertiary/aromatic N) is 5. The van der Waals surface area contributed by atoms with E-state index in [1.807, 2.05) is 19.0 Å². The standard InChI is InChI=1S/C14H29N7/c1-6-9-15-12-17-13(19-14(18-12)21(4)5)16-10-7-8-11-20(2)3/h6-11H2,1-5H3,(H2,15,16,17,18,19). The number of hydrogen-bond donors (Lipinski definition) is 2. The minimum atomic E-state index is 0.631. The summed E-state index contributed by atoms with van der Waals surface area (Å²) in [6.07, 6.45) is 3.29. The monoisotopic (exact) mass is 295 g/mol. The molecule has 1 aromatic rings. The van der Waals surface area contributed by atoms with Gasteiger partial charge in [-0.2, -0.15) is 15.0 Å². The molecule has 0 saturated carbocycles. The largest absolute Gasteiger partial charge is 0.354 e. The normalized spacial score (nSPS) is 10.8. The molecule has 0 fully saturated rings. The molecule has 21 heavy (non-hydrogen) atoms. The molecule has 0 spiro atoms. The summed E-state index contributed by atoms with van der Waals surface area (Å²) in [6, 6.07) is 0. The van der Waals surface area contributed by atoms with Crippen molar-refractivity contribution in [3.05, 3.63) is 0 Å². The molecule has 1 heterocycles. The van der Waals surface area contributed by atoms with Crippen molar-refractivity contribution in [1.82, 2.24) is 19.9 Å².